The fraction of sp³-hybridized carbons (Fsp3) is 0.500. The number of morpholine rings is 1. The molecule has 0 aliphatic carbocycles. The standard InChI is InChI=1S/C12H15N5O2/c18-10(8-17-4-6-19-7-5-17)14-12-9-2-1-3-13-11(9)15-16-12/h1-3,12H,4-8H2,(H,14,18). The van der Waals surface area contributed by atoms with Crippen molar-refractivity contribution in [3.05, 3.63) is 23.9 Å². The van der Waals surface area contributed by atoms with Crippen LogP contribution in [-0.4, -0.2) is 48.6 Å². The van der Waals surface area contributed by atoms with Gasteiger partial charge in [-0.05, 0) is 12.1 Å². The second-order valence-electron chi connectivity index (χ2n) is 4.49. The van der Waals surface area contributed by atoms with Crippen LogP contribution in [0.5, 0.6) is 0 Å². The predicted molar refractivity (Wildman–Crippen MR) is 66.9 cm³/mol. The number of fused-ring (bicyclic) bond motifs is 1. The van der Waals surface area contributed by atoms with E-state index in [1.54, 1.807) is 6.20 Å². The molecule has 1 atom stereocenters. The maximum Gasteiger partial charge on any atom is 0.236 e. The summed E-state index contributed by atoms with van der Waals surface area (Å²) >= 11 is 0. The van der Waals surface area contributed by atoms with Gasteiger partial charge in [0.1, 0.15) is 0 Å². The lowest BCUT2D eigenvalue weighted by Gasteiger charge is -2.26. The normalized spacial score (nSPS) is 22.2. The fourth-order valence-electron chi connectivity index (χ4n) is 2.15. The first-order valence-corrected chi connectivity index (χ1v) is 6.28. The largest absolute Gasteiger partial charge is 0.379 e. The molecule has 1 N–H and O–H groups in total. The Kier molecular flexibility index (Phi) is 3.47. The average Bonchev–Trinajstić information content (AvgIpc) is 2.83. The van der Waals surface area contributed by atoms with E-state index in [2.05, 4.69) is 25.4 Å². The summed E-state index contributed by atoms with van der Waals surface area (Å²) in [5, 5.41) is 10.8. The second-order valence-corrected chi connectivity index (χ2v) is 4.49. The first-order valence-electron chi connectivity index (χ1n) is 6.28. The third kappa shape index (κ3) is 2.77. The molecule has 0 aromatic carbocycles. The van der Waals surface area contributed by atoms with Crippen molar-refractivity contribution >= 4 is 11.7 Å². The SMILES string of the molecule is O=C(CN1CCOCC1)NC1N=Nc2ncccc21. The van der Waals surface area contributed by atoms with Crippen LogP contribution in [0.3, 0.4) is 0 Å². The molecule has 0 saturated carbocycles. The minimum absolute atomic E-state index is 0.0532. The first kappa shape index (κ1) is 12.2. The number of hydrogen-bond acceptors (Lipinski definition) is 6. The first-order chi connectivity index (χ1) is 9.33. The Balaban J connectivity index is 1.57. The zero-order valence-electron chi connectivity index (χ0n) is 10.5. The molecule has 1 unspecified atom stereocenters. The number of azo groups is 1. The predicted octanol–water partition coefficient (Wildman–Crippen LogP) is 0.626. The molecule has 1 aromatic rings. The van der Waals surface area contributed by atoms with Gasteiger partial charge in [-0.2, -0.15) is 5.11 Å². The molecular weight excluding hydrogens is 246 g/mol. The number of carbonyl (C=O) groups is 1. The van der Waals surface area contributed by atoms with Gasteiger partial charge in [0, 0.05) is 24.8 Å². The summed E-state index contributed by atoms with van der Waals surface area (Å²) in [5.74, 6) is 0.529. The summed E-state index contributed by atoms with van der Waals surface area (Å²) < 4.78 is 5.25. The number of hydrogen-bond donors (Lipinski definition) is 1. The molecule has 3 heterocycles. The van der Waals surface area contributed by atoms with E-state index in [1.165, 1.54) is 0 Å². The van der Waals surface area contributed by atoms with Crippen LogP contribution >= 0.6 is 0 Å². The number of nitrogens with zero attached hydrogens (tertiary/aromatic N) is 4. The molecule has 0 radical (unpaired) electrons. The van der Waals surface area contributed by atoms with E-state index >= 15 is 0 Å². The molecule has 0 spiro atoms. The van der Waals surface area contributed by atoms with Crippen molar-refractivity contribution in [3.63, 3.8) is 0 Å². The highest BCUT2D eigenvalue weighted by Gasteiger charge is 2.23. The summed E-state index contributed by atoms with van der Waals surface area (Å²) in [4.78, 5) is 18.1. The van der Waals surface area contributed by atoms with Crippen LogP contribution in [-0.2, 0) is 9.53 Å². The van der Waals surface area contributed by atoms with Gasteiger partial charge in [0.15, 0.2) is 12.0 Å². The molecule has 19 heavy (non-hydrogen) atoms. The van der Waals surface area contributed by atoms with Crippen LogP contribution in [0.15, 0.2) is 28.6 Å². The topological polar surface area (TPSA) is 79.2 Å². The van der Waals surface area contributed by atoms with E-state index in [4.69, 9.17) is 4.74 Å². The third-order valence-electron chi connectivity index (χ3n) is 3.15. The molecule has 0 bridgehead atoms. The number of nitrogens with one attached hydrogen (secondary N) is 1. The van der Waals surface area contributed by atoms with Crippen molar-refractivity contribution in [1.29, 1.82) is 0 Å². The lowest BCUT2D eigenvalue weighted by Crippen LogP contribution is -2.43. The minimum atomic E-state index is -0.405. The van der Waals surface area contributed by atoms with E-state index in [0.29, 0.717) is 25.6 Å². The van der Waals surface area contributed by atoms with Crippen LogP contribution in [0.2, 0.25) is 0 Å². The molecule has 7 heteroatoms. The molecular formula is C12H15N5O2. The van der Waals surface area contributed by atoms with Gasteiger partial charge in [-0.25, -0.2) is 4.98 Å². The number of ether oxygens (including phenoxy) is 1. The molecule has 1 amide bonds. The van der Waals surface area contributed by atoms with Gasteiger partial charge in [0.25, 0.3) is 0 Å². The van der Waals surface area contributed by atoms with Gasteiger partial charge in [-0.3, -0.25) is 9.69 Å². The number of amides is 1. The number of rotatable bonds is 3. The second kappa shape index (κ2) is 5.41. The van der Waals surface area contributed by atoms with Gasteiger partial charge in [0.05, 0.1) is 19.8 Å². The highest BCUT2D eigenvalue weighted by molar-refractivity contribution is 5.78. The summed E-state index contributed by atoms with van der Waals surface area (Å²) in [5.41, 5.74) is 0.845. The van der Waals surface area contributed by atoms with E-state index in [0.717, 1.165) is 18.7 Å². The molecule has 2 aliphatic heterocycles. The molecule has 1 aromatic heterocycles. The highest BCUT2D eigenvalue weighted by Crippen LogP contribution is 2.31. The third-order valence-corrected chi connectivity index (χ3v) is 3.15. The van der Waals surface area contributed by atoms with Gasteiger partial charge in [0.2, 0.25) is 5.91 Å². The summed E-state index contributed by atoms with van der Waals surface area (Å²) in [6.07, 6.45) is 1.26. The van der Waals surface area contributed by atoms with E-state index in [1.807, 2.05) is 12.1 Å². The van der Waals surface area contributed by atoms with Crippen molar-refractivity contribution in [2.45, 2.75) is 6.17 Å². The van der Waals surface area contributed by atoms with Crippen molar-refractivity contribution in [2.75, 3.05) is 32.8 Å². The van der Waals surface area contributed by atoms with Crippen molar-refractivity contribution < 1.29 is 9.53 Å². The van der Waals surface area contributed by atoms with Gasteiger partial charge in [-0.15, -0.1) is 5.11 Å². The van der Waals surface area contributed by atoms with E-state index in [-0.39, 0.29) is 5.91 Å². The molecule has 1 saturated heterocycles. The zero-order valence-corrected chi connectivity index (χ0v) is 10.5. The number of pyridine rings is 1. The van der Waals surface area contributed by atoms with Gasteiger partial charge < -0.3 is 10.1 Å². The Morgan fingerprint density at radius 2 is 2.32 bits per heavy atom. The highest BCUT2D eigenvalue weighted by atomic mass is 16.5. The van der Waals surface area contributed by atoms with E-state index in [9.17, 15) is 4.79 Å². The number of carbonyl (C=O) groups excluding carboxylic acids is 1. The van der Waals surface area contributed by atoms with E-state index < -0.39 is 6.17 Å². The Morgan fingerprint density at radius 1 is 1.47 bits per heavy atom. The zero-order chi connectivity index (χ0) is 13.1. The van der Waals surface area contributed by atoms with Crippen LogP contribution in [0, 0.1) is 0 Å². The lowest BCUT2D eigenvalue weighted by atomic mass is 10.2. The summed E-state index contributed by atoms with van der Waals surface area (Å²) in [7, 11) is 0. The smallest absolute Gasteiger partial charge is 0.236 e. The Labute approximate surface area is 110 Å². The summed E-state index contributed by atoms with van der Waals surface area (Å²) in [6.45, 7) is 3.31. The lowest BCUT2D eigenvalue weighted by molar-refractivity contribution is -0.123. The van der Waals surface area contributed by atoms with Crippen molar-refractivity contribution in [2.24, 2.45) is 10.2 Å². The maximum absolute atomic E-state index is 12.0. The van der Waals surface area contributed by atoms with Gasteiger partial charge in [-0.1, -0.05) is 0 Å². The minimum Gasteiger partial charge on any atom is -0.379 e. The molecule has 100 valence electrons. The summed E-state index contributed by atoms with van der Waals surface area (Å²) in [6, 6.07) is 3.69. The van der Waals surface area contributed by atoms with Crippen LogP contribution in [0.4, 0.5) is 5.82 Å². The van der Waals surface area contributed by atoms with Crippen LogP contribution in [0.25, 0.3) is 0 Å². The van der Waals surface area contributed by atoms with Crippen LogP contribution in [0.1, 0.15) is 11.7 Å². The number of aromatic nitrogens is 1. The molecule has 3 rings (SSSR count). The van der Waals surface area contributed by atoms with Crippen molar-refractivity contribution in [3.8, 4) is 0 Å². The van der Waals surface area contributed by atoms with Crippen LogP contribution < -0.4 is 5.32 Å². The monoisotopic (exact) mass is 261 g/mol. The van der Waals surface area contributed by atoms with Gasteiger partial charge >= 0.3 is 0 Å². The molecule has 2 aliphatic rings. The molecule has 1 fully saturated rings. The van der Waals surface area contributed by atoms with Crippen molar-refractivity contribution in [1.82, 2.24) is 15.2 Å². The molecule has 7 nitrogen and oxygen atoms in total. The Bertz CT molecular complexity index is 499. The Hall–Kier alpha value is -1.86. The maximum atomic E-state index is 12.0. The quantitative estimate of drug-likeness (QED) is 0.865. The fourth-order valence-corrected chi connectivity index (χ4v) is 2.15. The Morgan fingerprint density at radius 3 is 3.16 bits per heavy atom. The average molecular weight is 261 g/mol.